The van der Waals surface area contributed by atoms with Gasteiger partial charge in [-0.1, -0.05) is 20.8 Å². The van der Waals surface area contributed by atoms with Gasteiger partial charge in [-0.25, -0.2) is 8.42 Å². The van der Waals surface area contributed by atoms with Crippen LogP contribution in [-0.2, 0) is 14.6 Å². The van der Waals surface area contributed by atoms with Crippen molar-refractivity contribution < 1.29 is 13.2 Å². The third-order valence-electron chi connectivity index (χ3n) is 3.36. The first-order valence-electron chi connectivity index (χ1n) is 6.50. The van der Waals surface area contributed by atoms with Crippen LogP contribution >= 0.6 is 0 Å². The van der Waals surface area contributed by atoms with E-state index in [0.717, 1.165) is 6.54 Å². The van der Waals surface area contributed by atoms with Crippen LogP contribution in [0.15, 0.2) is 0 Å². The molecule has 1 unspecified atom stereocenters. The van der Waals surface area contributed by atoms with Crippen molar-refractivity contribution in [3.05, 3.63) is 0 Å². The maximum absolute atomic E-state index is 12.3. The van der Waals surface area contributed by atoms with E-state index in [4.69, 9.17) is 4.74 Å². The lowest BCUT2D eigenvalue weighted by molar-refractivity contribution is 0.0983. The molecule has 0 saturated carbocycles. The van der Waals surface area contributed by atoms with Crippen LogP contribution in [0.25, 0.3) is 0 Å². The fourth-order valence-corrected chi connectivity index (χ4v) is 4.36. The Kier molecular flexibility index (Phi) is 5.89. The lowest BCUT2D eigenvalue weighted by Gasteiger charge is -2.27. The first kappa shape index (κ1) is 14.9. The molecule has 17 heavy (non-hydrogen) atoms. The topological polar surface area (TPSA) is 55.4 Å². The summed E-state index contributed by atoms with van der Waals surface area (Å²) in [5.41, 5.74) is 0. The van der Waals surface area contributed by atoms with Gasteiger partial charge in [-0.3, -0.25) is 0 Å². The normalized spacial score (nSPS) is 20.7. The van der Waals surface area contributed by atoms with E-state index in [9.17, 15) is 8.42 Å². The summed E-state index contributed by atoms with van der Waals surface area (Å²) in [6.07, 6.45) is 1.30. The fraction of sp³-hybridized carbons (Fsp3) is 1.00. The quantitative estimate of drug-likeness (QED) is 0.783. The van der Waals surface area contributed by atoms with Gasteiger partial charge in [0.05, 0.1) is 11.0 Å². The molecule has 4 nitrogen and oxygen atoms in total. The Morgan fingerprint density at radius 2 is 1.88 bits per heavy atom. The number of hydrogen-bond acceptors (Lipinski definition) is 4. The smallest absolute Gasteiger partial charge is 0.154 e. The van der Waals surface area contributed by atoms with Crippen LogP contribution < -0.4 is 5.32 Å². The number of sulfone groups is 1. The summed E-state index contributed by atoms with van der Waals surface area (Å²) in [4.78, 5) is 0. The van der Waals surface area contributed by atoms with Gasteiger partial charge in [-0.05, 0) is 25.3 Å². The number of hydrogen-bond donors (Lipinski definition) is 1. The summed E-state index contributed by atoms with van der Waals surface area (Å²) in [7, 11) is -2.99. The SMILES string of the molecule is CCNC(CS(=O)(=O)C1CCOCC1)C(C)C. The van der Waals surface area contributed by atoms with Crippen molar-refractivity contribution in [2.24, 2.45) is 5.92 Å². The molecule has 0 aromatic rings. The van der Waals surface area contributed by atoms with E-state index >= 15 is 0 Å². The molecule has 0 aliphatic carbocycles. The molecule has 1 heterocycles. The van der Waals surface area contributed by atoms with E-state index in [0.29, 0.717) is 32.0 Å². The van der Waals surface area contributed by atoms with E-state index in [1.165, 1.54) is 0 Å². The zero-order valence-electron chi connectivity index (χ0n) is 11.1. The molecular weight excluding hydrogens is 238 g/mol. The highest BCUT2D eigenvalue weighted by Gasteiger charge is 2.30. The summed E-state index contributed by atoms with van der Waals surface area (Å²) in [6.45, 7) is 8.11. The Bertz CT molecular complexity index is 308. The molecule has 1 aliphatic heterocycles. The standard InChI is InChI=1S/C12H25NO3S/c1-4-13-12(10(2)3)9-17(14,15)11-5-7-16-8-6-11/h10-13H,4-9H2,1-3H3. The molecule has 0 aromatic heterocycles. The minimum absolute atomic E-state index is 0.0628. The summed E-state index contributed by atoms with van der Waals surface area (Å²) >= 11 is 0. The molecule has 1 saturated heterocycles. The third-order valence-corrected chi connectivity index (χ3v) is 5.67. The van der Waals surface area contributed by atoms with Crippen LogP contribution in [-0.4, -0.2) is 45.2 Å². The zero-order chi connectivity index (χ0) is 12.9. The summed E-state index contributed by atoms with van der Waals surface area (Å²) in [5, 5.41) is 3.07. The van der Waals surface area contributed by atoms with Crippen LogP contribution in [0.4, 0.5) is 0 Å². The van der Waals surface area contributed by atoms with Crippen molar-refractivity contribution in [2.45, 2.75) is 44.9 Å². The van der Waals surface area contributed by atoms with Crippen molar-refractivity contribution >= 4 is 9.84 Å². The Morgan fingerprint density at radius 1 is 1.29 bits per heavy atom. The van der Waals surface area contributed by atoms with E-state index in [-0.39, 0.29) is 17.0 Å². The predicted octanol–water partition coefficient (Wildman–Crippen LogP) is 1.21. The first-order valence-corrected chi connectivity index (χ1v) is 8.21. The van der Waals surface area contributed by atoms with Gasteiger partial charge in [0, 0.05) is 19.3 Å². The number of nitrogens with one attached hydrogen (secondary N) is 1. The summed E-state index contributed by atoms with van der Waals surface area (Å²) < 4.78 is 29.8. The molecule has 1 fully saturated rings. The van der Waals surface area contributed by atoms with E-state index in [1.54, 1.807) is 0 Å². The molecule has 0 radical (unpaired) electrons. The minimum Gasteiger partial charge on any atom is -0.381 e. The molecule has 1 aliphatic rings. The van der Waals surface area contributed by atoms with Gasteiger partial charge in [-0.2, -0.15) is 0 Å². The first-order chi connectivity index (χ1) is 7.97. The van der Waals surface area contributed by atoms with Gasteiger partial charge >= 0.3 is 0 Å². The fourth-order valence-electron chi connectivity index (χ4n) is 2.17. The molecular formula is C12H25NO3S. The molecule has 0 spiro atoms. The second-order valence-corrected chi connectivity index (χ2v) is 7.38. The van der Waals surface area contributed by atoms with Crippen LogP contribution in [0.3, 0.4) is 0 Å². The maximum atomic E-state index is 12.3. The van der Waals surface area contributed by atoms with E-state index in [1.807, 2.05) is 6.92 Å². The van der Waals surface area contributed by atoms with Crippen LogP contribution in [0.5, 0.6) is 0 Å². The molecule has 0 amide bonds. The molecule has 1 atom stereocenters. The number of ether oxygens (including phenoxy) is 1. The second-order valence-electron chi connectivity index (χ2n) is 5.05. The lowest BCUT2D eigenvalue weighted by atomic mass is 10.1. The highest BCUT2D eigenvalue weighted by Crippen LogP contribution is 2.18. The van der Waals surface area contributed by atoms with Crippen molar-refractivity contribution in [2.75, 3.05) is 25.5 Å². The highest BCUT2D eigenvalue weighted by atomic mass is 32.2. The van der Waals surface area contributed by atoms with E-state index in [2.05, 4.69) is 19.2 Å². The van der Waals surface area contributed by atoms with Gasteiger partial charge in [-0.15, -0.1) is 0 Å². The molecule has 1 rings (SSSR count). The Morgan fingerprint density at radius 3 is 2.35 bits per heavy atom. The average molecular weight is 263 g/mol. The van der Waals surface area contributed by atoms with Crippen molar-refractivity contribution in [1.82, 2.24) is 5.32 Å². The number of rotatable bonds is 6. The Hall–Kier alpha value is -0.130. The largest absolute Gasteiger partial charge is 0.381 e. The van der Waals surface area contributed by atoms with Crippen molar-refractivity contribution in [3.8, 4) is 0 Å². The molecule has 0 bridgehead atoms. The van der Waals surface area contributed by atoms with Gasteiger partial charge in [0.2, 0.25) is 0 Å². The zero-order valence-corrected chi connectivity index (χ0v) is 11.9. The predicted molar refractivity (Wildman–Crippen MR) is 69.9 cm³/mol. The van der Waals surface area contributed by atoms with Crippen molar-refractivity contribution in [3.63, 3.8) is 0 Å². The van der Waals surface area contributed by atoms with Gasteiger partial charge in [0.25, 0.3) is 0 Å². The van der Waals surface area contributed by atoms with Crippen LogP contribution in [0.1, 0.15) is 33.6 Å². The van der Waals surface area contributed by atoms with Gasteiger partial charge in [0.15, 0.2) is 9.84 Å². The molecule has 5 heteroatoms. The lowest BCUT2D eigenvalue weighted by Crippen LogP contribution is -2.43. The van der Waals surface area contributed by atoms with Gasteiger partial charge in [0.1, 0.15) is 0 Å². The molecule has 102 valence electrons. The molecule has 1 N–H and O–H groups in total. The van der Waals surface area contributed by atoms with Crippen LogP contribution in [0.2, 0.25) is 0 Å². The van der Waals surface area contributed by atoms with Crippen LogP contribution in [0, 0.1) is 5.92 Å². The van der Waals surface area contributed by atoms with E-state index < -0.39 is 9.84 Å². The van der Waals surface area contributed by atoms with Crippen molar-refractivity contribution in [1.29, 1.82) is 0 Å². The molecule has 0 aromatic carbocycles. The Balaban J connectivity index is 2.62. The average Bonchev–Trinajstić information content (AvgIpc) is 2.29. The highest BCUT2D eigenvalue weighted by molar-refractivity contribution is 7.92. The monoisotopic (exact) mass is 263 g/mol. The minimum atomic E-state index is -2.99. The maximum Gasteiger partial charge on any atom is 0.154 e. The second kappa shape index (κ2) is 6.71. The van der Waals surface area contributed by atoms with Gasteiger partial charge < -0.3 is 10.1 Å². The summed E-state index contributed by atoms with van der Waals surface area (Å²) in [5.74, 6) is 0.591. The summed E-state index contributed by atoms with van der Waals surface area (Å²) in [6, 6.07) is 0.0628. The third kappa shape index (κ3) is 4.56. The Labute approximate surface area is 105 Å².